The maximum absolute atomic E-state index is 13.7. The number of hydrogen-bond donors (Lipinski definition) is 0. The van der Waals surface area contributed by atoms with Gasteiger partial charge in [-0.15, -0.1) is 0 Å². The van der Waals surface area contributed by atoms with E-state index in [1.165, 1.54) is 0 Å². The van der Waals surface area contributed by atoms with Crippen LogP contribution in [0.3, 0.4) is 0 Å². The lowest BCUT2D eigenvalue weighted by atomic mass is 9.76. The van der Waals surface area contributed by atoms with E-state index in [1.54, 1.807) is 6.07 Å². The predicted molar refractivity (Wildman–Crippen MR) is 67.7 cm³/mol. The summed E-state index contributed by atoms with van der Waals surface area (Å²) in [5.74, 6) is -1.97. The summed E-state index contributed by atoms with van der Waals surface area (Å²) in [6.45, 7) is 4.37. The molecule has 4 heteroatoms. The Morgan fingerprint density at radius 3 is 2.21 bits per heavy atom. The first-order chi connectivity index (χ1) is 8.91. The van der Waals surface area contributed by atoms with Crippen LogP contribution in [0.5, 0.6) is 5.75 Å². The molecule has 0 saturated heterocycles. The van der Waals surface area contributed by atoms with E-state index in [9.17, 15) is 8.78 Å². The van der Waals surface area contributed by atoms with Gasteiger partial charge in [0.25, 0.3) is 0 Å². The number of nitriles is 1. The van der Waals surface area contributed by atoms with E-state index in [2.05, 4.69) is 13.8 Å². The number of ether oxygens (including phenoxy) is 1. The molecule has 1 aliphatic rings. The average Bonchev–Trinajstić information content (AvgIpc) is 2.35. The number of nitrogens with zero attached hydrogens (tertiary/aromatic N) is 1. The molecule has 0 spiro atoms. The van der Waals surface area contributed by atoms with Crippen molar-refractivity contribution < 1.29 is 13.5 Å². The number of rotatable bonds is 2. The predicted octanol–water partition coefficient (Wildman–Crippen LogP) is 4.18. The molecule has 0 heterocycles. The molecule has 2 nitrogen and oxygen atoms in total. The van der Waals surface area contributed by atoms with Gasteiger partial charge < -0.3 is 4.74 Å². The number of halogens is 2. The van der Waals surface area contributed by atoms with E-state index in [-0.39, 0.29) is 22.8 Å². The van der Waals surface area contributed by atoms with Crippen LogP contribution < -0.4 is 4.74 Å². The highest BCUT2D eigenvalue weighted by molar-refractivity contribution is 5.37. The summed E-state index contributed by atoms with van der Waals surface area (Å²) in [7, 11) is 0. The van der Waals surface area contributed by atoms with E-state index in [4.69, 9.17) is 10.00 Å². The fraction of sp³-hybridized carbons (Fsp3) is 0.533. The lowest BCUT2D eigenvalue weighted by Gasteiger charge is -2.34. The Balaban J connectivity index is 2.10. The van der Waals surface area contributed by atoms with Crippen LogP contribution in [0.25, 0.3) is 0 Å². The largest absolute Gasteiger partial charge is 0.484 e. The van der Waals surface area contributed by atoms with Crippen molar-refractivity contribution in [2.24, 2.45) is 5.41 Å². The van der Waals surface area contributed by atoms with Crippen molar-refractivity contribution in [1.82, 2.24) is 0 Å². The molecular formula is C15H17F2NO. The van der Waals surface area contributed by atoms with Gasteiger partial charge >= 0.3 is 0 Å². The molecule has 102 valence electrons. The first-order valence-corrected chi connectivity index (χ1v) is 6.47. The van der Waals surface area contributed by atoms with Crippen LogP contribution in [0.2, 0.25) is 0 Å². The van der Waals surface area contributed by atoms with Crippen LogP contribution in [0.15, 0.2) is 12.1 Å². The first-order valence-electron chi connectivity index (χ1n) is 6.47. The van der Waals surface area contributed by atoms with Gasteiger partial charge in [-0.1, -0.05) is 13.8 Å². The van der Waals surface area contributed by atoms with E-state index in [1.807, 2.05) is 0 Å². The second-order valence-electron chi connectivity index (χ2n) is 5.86. The topological polar surface area (TPSA) is 33.0 Å². The minimum absolute atomic E-state index is 0.0351. The third-order valence-corrected chi connectivity index (χ3v) is 3.70. The van der Waals surface area contributed by atoms with E-state index < -0.39 is 11.6 Å². The summed E-state index contributed by atoms with van der Waals surface area (Å²) in [6.07, 6.45) is 3.41. The summed E-state index contributed by atoms with van der Waals surface area (Å²) in [5.41, 5.74) is 0.244. The van der Waals surface area contributed by atoms with Gasteiger partial charge in [0.15, 0.2) is 17.4 Å². The number of hydrogen-bond acceptors (Lipinski definition) is 2. The minimum atomic E-state index is -0.804. The molecule has 0 radical (unpaired) electrons. The molecule has 0 aromatic heterocycles. The SMILES string of the molecule is CC1(C)CCC(Oc2c(F)cc(C#N)cc2F)CC1. The van der Waals surface area contributed by atoms with Crippen molar-refractivity contribution in [3.05, 3.63) is 29.3 Å². The van der Waals surface area contributed by atoms with Gasteiger partial charge in [0.05, 0.1) is 17.7 Å². The zero-order valence-electron chi connectivity index (χ0n) is 11.2. The van der Waals surface area contributed by atoms with E-state index in [0.717, 1.165) is 37.8 Å². The molecule has 0 aliphatic heterocycles. The third kappa shape index (κ3) is 3.23. The summed E-state index contributed by atoms with van der Waals surface area (Å²) < 4.78 is 32.8. The minimum Gasteiger partial charge on any atom is -0.484 e. The normalized spacial score (nSPS) is 18.9. The lowest BCUT2D eigenvalue weighted by Crippen LogP contribution is -2.28. The Morgan fingerprint density at radius 2 is 1.74 bits per heavy atom. The van der Waals surface area contributed by atoms with Crippen molar-refractivity contribution in [3.63, 3.8) is 0 Å². The molecule has 1 aromatic carbocycles. The molecule has 1 aliphatic carbocycles. The summed E-state index contributed by atoms with van der Waals surface area (Å²) in [5, 5.41) is 8.63. The van der Waals surface area contributed by atoms with Crippen molar-refractivity contribution in [1.29, 1.82) is 5.26 Å². The maximum atomic E-state index is 13.7. The molecule has 0 N–H and O–H groups in total. The molecule has 1 aromatic rings. The van der Waals surface area contributed by atoms with Crippen molar-refractivity contribution in [2.45, 2.75) is 45.6 Å². The molecule has 0 amide bonds. The first kappa shape index (κ1) is 13.8. The molecule has 19 heavy (non-hydrogen) atoms. The summed E-state index contributed by atoms with van der Waals surface area (Å²) in [4.78, 5) is 0. The van der Waals surface area contributed by atoms with Crippen molar-refractivity contribution in [2.75, 3.05) is 0 Å². The lowest BCUT2D eigenvalue weighted by molar-refractivity contribution is 0.0914. The molecule has 0 atom stereocenters. The monoisotopic (exact) mass is 265 g/mol. The summed E-state index contributed by atoms with van der Waals surface area (Å²) in [6, 6.07) is 3.72. The zero-order chi connectivity index (χ0) is 14.0. The van der Waals surface area contributed by atoms with Gasteiger partial charge in [-0.25, -0.2) is 8.78 Å². The molecule has 0 bridgehead atoms. The van der Waals surface area contributed by atoms with Crippen LogP contribution in [0.1, 0.15) is 45.1 Å². The van der Waals surface area contributed by atoms with Crippen molar-refractivity contribution >= 4 is 0 Å². The second kappa shape index (κ2) is 5.16. The molecular weight excluding hydrogens is 248 g/mol. The quantitative estimate of drug-likeness (QED) is 0.803. The standard InChI is InChI=1S/C15H17F2NO/c1-15(2)5-3-11(4-6-15)19-14-12(16)7-10(9-18)8-13(14)17/h7-8,11H,3-6H2,1-2H3. The highest BCUT2D eigenvalue weighted by Crippen LogP contribution is 2.37. The Labute approximate surface area is 112 Å². The molecule has 0 unspecified atom stereocenters. The highest BCUT2D eigenvalue weighted by atomic mass is 19.1. The Kier molecular flexibility index (Phi) is 3.75. The fourth-order valence-electron chi connectivity index (χ4n) is 2.39. The second-order valence-corrected chi connectivity index (χ2v) is 5.86. The van der Waals surface area contributed by atoms with Crippen molar-refractivity contribution in [3.8, 4) is 11.8 Å². The van der Waals surface area contributed by atoms with Gasteiger partial charge in [-0.2, -0.15) is 5.26 Å². The molecule has 1 saturated carbocycles. The van der Waals surface area contributed by atoms with E-state index >= 15 is 0 Å². The van der Waals surface area contributed by atoms with Gasteiger partial charge in [-0.05, 0) is 43.2 Å². The maximum Gasteiger partial charge on any atom is 0.191 e. The zero-order valence-corrected chi connectivity index (χ0v) is 11.2. The van der Waals surface area contributed by atoms with E-state index in [0.29, 0.717) is 0 Å². The third-order valence-electron chi connectivity index (χ3n) is 3.70. The Morgan fingerprint density at radius 1 is 1.21 bits per heavy atom. The summed E-state index contributed by atoms with van der Waals surface area (Å²) >= 11 is 0. The Bertz CT molecular complexity index is 486. The van der Waals surface area contributed by atoms with Crippen LogP contribution in [-0.2, 0) is 0 Å². The van der Waals surface area contributed by atoms with Gasteiger partial charge in [0.2, 0.25) is 0 Å². The average molecular weight is 265 g/mol. The van der Waals surface area contributed by atoms with Crippen LogP contribution in [-0.4, -0.2) is 6.10 Å². The molecule has 1 fully saturated rings. The smallest absolute Gasteiger partial charge is 0.191 e. The van der Waals surface area contributed by atoms with Gasteiger partial charge in [0.1, 0.15) is 0 Å². The van der Waals surface area contributed by atoms with Crippen LogP contribution in [0.4, 0.5) is 8.78 Å². The highest BCUT2D eigenvalue weighted by Gasteiger charge is 2.29. The Hall–Kier alpha value is -1.63. The van der Waals surface area contributed by atoms with Gasteiger partial charge in [0, 0.05) is 0 Å². The number of benzene rings is 1. The van der Waals surface area contributed by atoms with Gasteiger partial charge in [-0.3, -0.25) is 0 Å². The molecule has 2 rings (SSSR count). The van der Waals surface area contributed by atoms with Crippen LogP contribution in [0, 0.1) is 28.4 Å². The van der Waals surface area contributed by atoms with Crippen LogP contribution >= 0.6 is 0 Å². The fourth-order valence-corrected chi connectivity index (χ4v) is 2.39.